The van der Waals surface area contributed by atoms with Gasteiger partial charge in [-0.15, -0.1) is 0 Å². The van der Waals surface area contributed by atoms with Gasteiger partial charge in [0.05, 0.1) is 6.04 Å². The summed E-state index contributed by atoms with van der Waals surface area (Å²) in [7, 11) is -0.881. The molecule has 2 atom stereocenters. The number of unbranched alkanes of at least 4 members (excludes halogenated alkanes) is 15. The highest BCUT2D eigenvalue weighted by atomic mass is 32.2. The molecule has 0 saturated heterocycles. The second-order valence-electron chi connectivity index (χ2n) is 8.27. The van der Waals surface area contributed by atoms with Crippen molar-refractivity contribution in [2.24, 2.45) is 5.73 Å². The van der Waals surface area contributed by atoms with Crippen LogP contribution in [-0.2, 0) is 15.6 Å². The molecule has 4 nitrogen and oxygen atoms in total. The Morgan fingerprint density at radius 3 is 1.57 bits per heavy atom. The van der Waals surface area contributed by atoms with E-state index < -0.39 is 16.8 Å². The summed E-state index contributed by atoms with van der Waals surface area (Å²) in [5, 5.41) is 2.89. The fourth-order valence-corrected chi connectivity index (χ4v) is 4.03. The molecule has 1 unspecified atom stereocenters. The standard InChI is InChI=1S/C23H48N2O2S/c1-3-4-5-6-7-8-9-10-11-12-13-14-15-16-17-18-20-25-23(26)22(24)19-21-28(2)27/h22H,3-21,24H2,1-2H3,(H,25,26)/t22-,28?/m0/s1. The van der Waals surface area contributed by atoms with Crippen LogP contribution in [0.2, 0.25) is 0 Å². The molecule has 0 fully saturated rings. The van der Waals surface area contributed by atoms with Crippen molar-refractivity contribution in [2.75, 3.05) is 18.6 Å². The Labute approximate surface area is 177 Å². The minimum Gasteiger partial charge on any atom is -0.355 e. The van der Waals surface area contributed by atoms with Gasteiger partial charge in [-0.3, -0.25) is 9.00 Å². The van der Waals surface area contributed by atoms with Gasteiger partial charge in [-0.2, -0.15) is 0 Å². The minimum atomic E-state index is -0.881. The molecule has 0 rings (SSSR count). The van der Waals surface area contributed by atoms with E-state index in [9.17, 15) is 9.00 Å². The molecule has 0 aliphatic rings. The lowest BCUT2D eigenvalue weighted by Gasteiger charge is -2.11. The number of nitrogens with two attached hydrogens (primary N) is 1. The van der Waals surface area contributed by atoms with Gasteiger partial charge in [-0.1, -0.05) is 103 Å². The maximum Gasteiger partial charge on any atom is 0.236 e. The molecular weight excluding hydrogens is 368 g/mol. The zero-order valence-electron chi connectivity index (χ0n) is 18.8. The molecule has 0 aromatic carbocycles. The quantitative estimate of drug-likeness (QED) is 0.244. The van der Waals surface area contributed by atoms with Crippen LogP contribution in [0.4, 0.5) is 0 Å². The normalized spacial score (nSPS) is 13.4. The van der Waals surface area contributed by atoms with Crippen molar-refractivity contribution in [1.29, 1.82) is 0 Å². The number of hydrogen-bond donors (Lipinski definition) is 2. The average Bonchev–Trinajstić information content (AvgIpc) is 2.68. The van der Waals surface area contributed by atoms with Gasteiger partial charge < -0.3 is 11.1 Å². The Morgan fingerprint density at radius 1 is 0.786 bits per heavy atom. The van der Waals surface area contributed by atoms with Crippen molar-refractivity contribution in [1.82, 2.24) is 5.32 Å². The van der Waals surface area contributed by atoms with Crippen LogP contribution in [0.1, 0.15) is 116 Å². The lowest BCUT2D eigenvalue weighted by Crippen LogP contribution is -2.41. The Bertz CT molecular complexity index is 378. The van der Waals surface area contributed by atoms with E-state index in [1.165, 1.54) is 96.3 Å². The van der Waals surface area contributed by atoms with Gasteiger partial charge in [0.25, 0.3) is 0 Å². The van der Waals surface area contributed by atoms with E-state index in [0.29, 0.717) is 18.7 Å². The third kappa shape index (κ3) is 20.3. The van der Waals surface area contributed by atoms with Crippen molar-refractivity contribution in [3.8, 4) is 0 Å². The van der Waals surface area contributed by atoms with Crippen LogP contribution >= 0.6 is 0 Å². The average molecular weight is 417 g/mol. The predicted octanol–water partition coefficient (Wildman–Crippen LogP) is 5.46. The van der Waals surface area contributed by atoms with Gasteiger partial charge >= 0.3 is 0 Å². The molecular formula is C23H48N2O2S. The molecule has 168 valence electrons. The van der Waals surface area contributed by atoms with E-state index in [4.69, 9.17) is 5.73 Å². The Hall–Kier alpha value is -0.420. The number of carbonyl (C=O) groups excluding carboxylic acids is 1. The van der Waals surface area contributed by atoms with E-state index in [1.807, 2.05) is 0 Å². The van der Waals surface area contributed by atoms with Crippen molar-refractivity contribution in [3.05, 3.63) is 0 Å². The first-order valence-electron chi connectivity index (χ1n) is 11.9. The number of nitrogens with one attached hydrogen (secondary N) is 1. The number of amides is 1. The summed E-state index contributed by atoms with van der Waals surface area (Å²) in [4.78, 5) is 11.8. The SMILES string of the molecule is CCCCCCCCCCCCCCCCCCNC(=O)[C@@H](N)CCS(C)=O. The fraction of sp³-hybridized carbons (Fsp3) is 0.957. The number of rotatable bonds is 21. The molecule has 0 aliphatic heterocycles. The molecule has 0 spiro atoms. The van der Waals surface area contributed by atoms with Crippen molar-refractivity contribution in [3.63, 3.8) is 0 Å². The first-order chi connectivity index (χ1) is 13.6. The summed E-state index contributed by atoms with van der Waals surface area (Å²) in [5.74, 6) is 0.389. The zero-order chi connectivity index (χ0) is 20.9. The smallest absolute Gasteiger partial charge is 0.236 e. The maximum absolute atomic E-state index is 11.8. The van der Waals surface area contributed by atoms with Gasteiger partial charge in [0, 0.05) is 29.4 Å². The summed E-state index contributed by atoms with van der Waals surface area (Å²) >= 11 is 0. The van der Waals surface area contributed by atoms with Crippen molar-refractivity contribution < 1.29 is 9.00 Å². The molecule has 5 heteroatoms. The zero-order valence-corrected chi connectivity index (χ0v) is 19.6. The monoisotopic (exact) mass is 416 g/mol. The van der Waals surface area contributed by atoms with Crippen molar-refractivity contribution in [2.45, 2.75) is 122 Å². The molecule has 28 heavy (non-hydrogen) atoms. The second-order valence-corrected chi connectivity index (χ2v) is 9.82. The van der Waals surface area contributed by atoms with Crippen LogP contribution < -0.4 is 11.1 Å². The predicted molar refractivity (Wildman–Crippen MR) is 124 cm³/mol. The van der Waals surface area contributed by atoms with E-state index in [-0.39, 0.29) is 5.91 Å². The van der Waals surface area contributed by atoms with Crippen LogP contribution in [0.3, 0.4) is 0 Å². The first-order valence-corrected chi connectivity index (χ1v) is 13.6. The second kappa shape index (κ2) is 21.3. The molecule has 0 aromatic rings. The summed E-state index contributed by atoms with van der Waals surface area (Å²) < 4.78 is 11.0. The molecule has 3 N–H and O–H groups in total. The summed E-state index contributed by atoms with van der Waals surface area (Å²) in [6.07, 6.45) is 23.8. The Balaban J connectivity index is 3.21. The third-order valence-corrected chi connectivity index (χ3v) is 6.19. The van der Waals surface area contributed by atoms with Crippen LogP contribution in [0.5, 0.6) is 0 Å². The molecule has 0 saturated carbocycles. The van der Waals surface area contributed by atoms with E-state index in [1.54, 1.807) is 6.26 Å². The number of carbonyl (C=O) groups is 1. The van der Waals surface area contributed by atoms with Crippen LogP contribution in [0.25, 0.3) is 0 Å². The summed E-state index contributed by atoms with van der Waals surface area (Å²) in [6.45, 7) is 2.98. The maximum atomic E-state index is 11.8. The number of hydrogen-bond acceptors (Lipinski definition) is 3. The molecule has 0 radical (unpaired) electrons. The van der Waals surface area contributed by atoms with E-state index in [2.05, 4.69) is 12.2 Å². The Morgan fingerprint density at radius 2 is 1.18 bits per heavy atom. The van der Waals surface area contributed by atoms with Gasteiger partial charge in [0.15, 0.2) is 0 Å². The highest BCUT2D eigenvalue weighted by Crippen LogP contribution is 2.13. The van der Waals surface area contributed by atoms with Crippen LogP contribution in [0.15, 0.2) is 0 Å². The van der Waals surface area contributed by atoms with Gasteiger partial charge in [0.1, 0.15) is 0 Å². The molecule has 0 heterocycles. The van der Waals surface area contributed by atoms with Crippen LogP contribution in [0, 0.1) is 0 Å². The fourth-order valence-electron chi connectivity index (χ4n) is 3.44. The lowest BCUT2D eigenvalue weighted by atomic mass is 10.0. The summed E-state index contributed by atoms with van der Waals surface area (Å²) in [6, 6.07) is -0.523. The highest BCUT2D eigenvalue weighted by Gasteiger charge is 2.12. The minimum absolute atomic E-state index is 0.105. The largest absolute Gasteiger partial charge is 0.355 e. The lowest BCUT2D eigenvalue weighted by molar-refractivity contribution is -0.122. The molecule has 1 amide bonds. The topological polar surface area (TPSA) is 72.2 Å². The molecule has 0 aromatic heterocycles. The van der Waals surface area contributed by atoms with Crippen molar-refractivity contribution >= 4 is 16.7 Å². The van der Waals surface area contributed by atoms with E-state index in [0.717, 1.165) is 6.42 Å². The van der Waals surface area contributed by atoms with Gasteiger partial charge in [-0.25, -0.2) is 0 Å². The van der Waals surface area contributed by atoms with E-state index >= 15 is 0 Å². The highest BCUT2D eigenvalue weighted by molar-refractivity contribution is 7.84. The summed E-state index contributed by atoms with van der Waals surface area (Å²) in [5.41, 5.74) is 5.79. The first kappa shape index (κ1) is 27.6. The Kier molecular flexibility index (Phi) is 21.0. The third-order valence-electron chi connectivity index (χ3n) is 5.38. The van der Waals surface area contributed by atoms with Crippen LogP contribution in [-0.4, -0.2) is 34.7 Å². The van der Waals surface area contributed by atoms with Gasteiger partial charge in [0.2, 0.25) is 5.91 Å². The molecule has 0 bridgehead atoms. The van der Waals surface area contributed by atoms with Gasteiger partial charge in [-0.05, 0) is 12.8 Å². The molecule has 0 aliphatic carbocycles.